The van der Waals surface area contributed by atoms with Crippen LogP contribution in [-0.2, 0) is 0 Å². The molecule has 0 atom stereocenters. The number of nitrogens with one attached hydrogen (secondary N) is 1. The van der Waals surface area contributed by atoms with Gasteiger partial charge in [-0.2, -0.15) is 0 Å². The van der Waals surface area contributed by atoms with E-state index < -0.39 is 0 Å². The van der Waals surface area contributed by atoms with Gasteiger partial charge in [-0.05, 0) is 74.5 Å². The highest BCUT2D eigenvalue weighted by Gasteiger charge is 2.10. The maximum absolute atomic E-state index is 4.12. The monoisotopic (exact) mass is 281 g/mol. The van der Waals surface area contributed by atoms with Crippen LogP contribution in [0.25, 0.3) is 11.8 Å². The molecule has 1 aromatic heterocycles. The highest BCUT2D eigenvalue weighted by molar-refractivity contribution is 5.61. The summed E-state index contributed by atoms with van der Waals surface area (Å²) < 4.78 is 2.06. The Morgan fingerprint density at radius 3 is 2.52 bits per heavy atom. The van der Waals surface area contributed by atoms with E-state index in [-0.39, 0.29) is 0 Å². The van der Waals surface area contributed by atoms with Crippen molar-refractivity contribution in [3.63, 3.8) is 0 Å². The highest BCUT2D eigenvalue weighted by Crippen LogP contribution is 2.22. The summed E-state index contributed by atoms with van der Waals surface area (Å²) in [6.45, 7) is 6.67. The lowest BCUT2D eigenvalue weighted by Gasteiger charge is -2.19. The fourth-order valence-electron chi connectivity index (χ4n) is 3.04. The maximum Gasteiger partial charge on any atom is 0.0991 e. The Bertz CT molecular complexity index is 597. The van der Waals surface area contributed by atoms with Crippen LogP contribution in [0.3, 0.4) is 0 Å². The van der Waals surface area contributed by atoms with Gasteiger partial charge in [0.2, 0.25) is 0 Å². The molecular weight excluding hydrogens is 258 g/mol. The molecule has 2 heterocycles. The van der Waals surface area contributed by atoms with E-state index in [0.717, 1.165) is 19.0 Å². The van der Waals surface area contributed by atoms with E-state index in [0.29, 0.717) is 0 Å². The minimum absolute atomic E-state index is 0.721. The van der Waals surface area contributed by atoms with E-state index in [1.807, 2.05) is 18.7 Å². The molecule has 1 aliphatic rings. The summed E-state index contributed by atoms with van der Waals surface area (Å²) in [5.41, 5.74) is 5.19. The second kappa shape index (κ2) is 6.27. The molecule has 3 rings (SSSR count). The number of allylic oxidation sites excluding steroid dienone is 1. The van der Waals surface area contributed by atoms with Gasteiger partial charge in [0.05, 0.1) is 6.33 Å². The third-order valence-electron chi connectivity index (χ3n) is 4.30. The first kappa shape index (κ1) is 14.1. The third kappa shape index (κ3) is 3.24. The molecule has 1 aliphatic heterocycles. The SMILES string of the molecule is Cc1cc(-n2ccnc2)cc(C)c1C=CC1CCNCC1. The van der Waals surface area contributed by atoms with Crippen LogP contribution in [0.2, 0.25) is 0 Å². The first-order valence-corrected chi connectivity index (χ1v) is 7.72. The standard InChI is InChI=1S/C18H23N3/c1-14-11-17(21-10-9-20-13-21)12-15(2)18(14)4-3-16-5-7-19-8-6-16/h3-4,9-13,16,19H,5-8H2,1-2H3. The number of nitrogens with zero attached hydrogens (tertiary/aromatic N) is 2. The zero-order chi connectivity index (χ0) is 14.7. The van der Waals surface area contributed by atoms with Gasteiger partial charge in [0.15, 0.2) is 0 Å². The second-order valence-corrected chi connectivity index (χ2v) is 5.91. The number of aromatic nitrogens is 2. The number of aryl methyl sites for hydroxylation is 2. The van der Waals surface area contributed by atoms with Gasteiger partial charge in [-0.25, -0.2) is 4.98 Å². The Balaban J connectivity index is 1.84. The smallest absolute Gasteiger partial charge is 0.0991 e. The fraction of sp³-hybridized carbons (Fsp3) is 0.389. The van der Waals surface area contributed by atoms with Crippen molar-refractivity contribution in [1.29, 1.82) is 0 Å². The van der Waals surface area contributed by atoms with E-state index in [4.69, 9.17) is 0 Å². The van der Waals surface area contributed by atoms with Crippen LogP contribution in [0, 0.1) is 19.8 Å². The number of imidazole rings is 1. The minimum Gasteiger partial charge on any atom is -0.317 e. The predicted octanol–water partition coefficient (Wildman–Crippen LogP) is 3.50. The Labute approximate surface area is 126 Å². The highest BCUT2D eigenvalue weighted by atomic mass is 15.0. The molecule has 0 radical (unpaired) electrons. The van der Waals surface area contributed by atoms with Crippen molar-refractivity contribution in [2.75, 3.05) is 13.1 Å². The van der Waals surface area contributed by atoms with Crippen LogP contribution in [0.5, 0.6) is 0 Å². The number of hydrogen-bond donors (Lipinski definition) is 1. The molecule has 1 saturated heterocycles. The summed E-state index contributed by atoms with van der Waals surface area (Å²) in [6.07, 6.45) is 12.9. The van der Waals surface area contributed by atoms with Crippen molar-refractivity contribution in [1.82, 2.24) is 14.9 Å². The second-order valence-electron chi connectivity index (χ2n) is 5.91. The van der Waals surface area contributed by atoms with Crippen LogP contribution < -0.4 is 5.32 Å². The Hall–Kier alpha value is -1.87. The Morgan fingerprint density at radius 2 is 1.90 bits per heavy atom. The molecular formula is C18H23N3. The largest absolute Gasteiger partial charge is 0.317 e. The molecule has 0 spiro atoms. The maximum atomic E-state index is 4.12. The summed E-state index contributed by atoms with van der Waals surface area (Å²) in [5.74, 6) is 0.721. The zero-order valence-corrected chi connectivity index (χ0v) is 12.8. The summed E-state index contributed by atoms with van der Waals surface area (Å²) in [6, 6.07) is 4.47. The molecule has 110 valence electrons. The molecule has 0 amide bonds. The summed E-state index contributed by atoms with van der Waals surface area (Å²) in [5, 5.41) is 3.42. The molecule has 3 nitrogen and oxygen atoms in total. The first-order chi connectivity index (χ1) is 10.2. The van der Waals surface area contributed by atoms with Crippen LogP contribution in [0.4, 0.5) is 0 Å². The molecule has 3 heteroatoms. The average Bonchev–Trinajstić information content (AvgIpc) is 3.01. The van der Waals surface area contributed by atoms with Crippen molar-refractivity contribution in [2.24, 2.45) is 5.92 Å². The fourth-order valence-corrected chi connectivity index (χ4v) is 3.04. The van der Waals surface area contributed by atoms with E-state index in [1.165, 1.54) is 35.2 Å². The predicted molar refractivity (Wildman–Crippen MR) is 87.7 cm³/mol. The molecule has 0 unspecified atom stereocenters. The van der Waals surface area contributed by atoms with Crippen molar-refractivity contribution in [3.8, 4) is 5.69 Å². The van der Waals surface area contributed by atoms with Crippen LogP contribution in [0.15, 0.2) is 36.9 Å². The molecule has 0 bridgehead atoms. The lowest BCUT2D eigenvalue weighted by atomic mass is 9.94. The van der Waals surface area contributed by atoms with Crippen molar-refractivity contribution >= 4 is 6.08 Å². The number of rotatable bonds is 3. The van der Waals surface area contributed by atoms with Gasteiger partial charge < -0.3 is 9.88 Å². The molecule has 0 aliphatic carbocycles. The normalized spacial score (nSPS) is 16.7. The third-order valence-corrected chi connectivity index (χ3v) is 4.30. The van der Waals surface area contributed by atoms with Crippen molar-refractivity contribution in [2.45, 2.75) is 26.7 Å². The topological polar surface area (TPSA) is 29.9 Å². The van der Waals surface area contributed by atoms with E-state index >= 15 is 0 Å². The van der Waals surface area contributed by atoms with E-state index in [2.05, 4.69) is 53.0 Å². The van der Waals surface area contributed by atoms with Gasteiger partial charge in [0.25, 0.3) is 0 Å². The van der Waals surface area contributed by atoms with Gasteiger partial charge in [0, 0.05) is 18.1 Å². The van der Waals surface area contributed by atoms with Gasteiger partial charge in [-0.1, -0.05) is 12.2 Å². The summed E-state index contributed by atoms with van der Waals surface area (Å²) in [7, 11) is 0. The zero-order valence-electron chi connectivity index (χ0n) is 12.8. The minimum atomic E-state index is 0.721. The lowest BCUT2D eigenvalue weighted by Crippen LogP contribution is -2.26. The molecule has 21 heavy (non-hydrogen) atoms. The van der Waals surface area contributed by atoms with E-state index in [9.17, 15) is 0 Å². The summed E-state index contributed by atoms with van der Waals surface area (Å²) in [4.78, 5) is 4.12. The molecule has 1 aromatic carbocycles. The van der Waals surface area contributed by atoms with E-state index in [1.54, 1.807) is 0 Å². The number of piperidine rings is 1. The van der Waals surface area contributed by atoms with Crippen LogP contribution >= 0.6 is 0 Å². The van der Waals surface area contributed by atoms with Crippen molar-refractivity contribution in [3.05, 3.63) is 53.6 Å². The Kier molecular flexibility index (Phi) is 4.20. The van der Waals surface area contributed by atoms with Gasteiger partial charge >= 0.3 is 0 Å². The molecule has 0 saturated carbocycles. The van der Waals surface area contributed by atoms with Crippen LogP contribution in [0.1, 0.15) is 29.5 Å². The van der Waals surface area contributed by atoms with Gasteiger partial charge in [0.1, 0.15) is 0 Å². The van der Waals surface area contributed by atoms with Gasteiger partial charge in [-0.3, -0.25) is 0 Å². The quantitative estimate of drug-likeness (QED) is 0.933. The molecule has 2 aromatic rings. The molecule has 1 fully saturated rings. The Morgan fingerprint density at radius 1 is 1.19 bits per heavy atom. The van der Waals surface area contributed by atoms with Gasteiger partial charge in [-0.15, -0.1) is 0 Å². The average molecular weight is 281 g/mol. The first-order valence-electron chi connectivity index (χ1n) is 7.72. The number of hydrogen-bond acceptors (Lipinski definition) is 2. The number of benzene rings is 1. The van der Waals surface area contributed by atoms with Crippen LogP contribution in [-0.4, -0.2) is 22.6 Å². The summed E-state index contributed by atoms with van der Waals surface area (Å²) >= 11 is 0. The molecule has 1 N–H and O–H groups in total. The lowest BCUT2D eigenvalue weighted by molar-refractivity contribution is 0.438. The van der Waals surface area contributed by atoms with Crippen molar-refractivity contribution < 1.29 is 0 Å².